The van der Waals surface area contributed by atoms with Crippen LogP contribution in [0.2, 0.25) is 0 Å². The summed E-state index contributed by atoms with van der Waals surface area (Å²) < 4.78 is 31.0. The van der Waals surface area contributed by atoms with Gasteiger partial charge in [0.2, 0.25) is 0 Å². The number of H-pyrrole nitrogens is 1. The van der Waals surface area contributed by atoms with E-state index < -0.39 is 6.43 Å². The van der Waals surface area contributed by atoms with Gasteiger partial charge < -0.3 is 0 Å². The largest absolute Gasteiger partial charge is 0.329 e. The zero-order valence-corrected chi connectivity index (χ0v) is 20.0. The van der Waals surface area contributed by atoms with Gasteiger partial charge in [-0.1, -0.05) is 75.2 Å². The zero-order chi connectivity index (χ0) is 24.8. The second-order valence-corrected chi connectivity index (χ2v) is 8.60. The van der Waals surface area contributed by atoms with Gasteiger partial charge >= 0.3 is 5.69 Å². The highest BCUT2D eigenvalue weighted by molar-refractivity contribution is 5.80. The van der Waals surface area contributed by atoms with Crippen LogP contribution >= 0.6 is 0 Å². The van der Waals surface area contributed by atoms with Gasteiger partial charge in [0.15, 0.2) is 5.82 Å². The standard InChI is InChI=1S/C26H30F2N6O/c1-3-5-11-22-23(24(27)28)33(16-6-4-2)26(35)34(22)17-18-12-14-19(15-13-18)20-9-7-8-10-21(20)25-29-31-32-30-25/h7-10,12-15,24H,3-6,11,16-17H2,1-2H3,(H,29,30,31,32). The fourth-order valence-corrected chi connectivity index (χ4v) is 4.39. The first kappa shape index (κ1) is 24.5. The lowest BCUT2D eigenvalue weighted by Gasteiger charge is -2.11. The van der Waals surface area contributed by atoms with E-state index in [9.17, 15) is 13.6 Å². The Morgan fingerprint density at radius 1 is 0.943 bits per heavy atom. The van der Waals surface area contributed by atoms with Crippen LogP contribution in [0.3, 0.4) is 0 Å². The summed E-state index contributed by atoms with van der Waals surface area (Å²) in [6, 6.07) is 15.6. The summed E-state index contributed by atoms with van der Waals surface area (Å²) in [6.45, 7) is 4.57. The summed E-state index contributed by atoms with van der Waals surface area (Å²) >= 11 is 0. The number of halogens is 2. The molecular weight excluding hydrogens is 450 g/mol. The molecule has 4 aromatic rings. The average Bonchev–Trinajstić information content (AvgIpc) is 3.49. The van der Waals surface area contributed by atoms with Crippen LogP contribution in [0.1, 0.15) is 62.9 Å². The van der Waals surface area contributed by atoms with E-state index in [1.807, 2.05) is 62.4 Å². The quantitative estimate of drug-likeness (QED) is 0.302. The fraction of sp³-hybridized carbons (Fsp3) is 0.385. The van der Waals surface area contributed by atoms with Gasteiger partial charge in [0.1, 0.15) is 5.69 Å². The second kappa shape index (κ2) is 11.2. The van der Waals surface area contributed by atoms with Crippen LogP contribution in [0.5, 0.6) is 0 Å². The van der Waals surface area contributed by atoms with Crippen molar-refractivity contribution in [3.05, 3.63) is 76.0 Å². The summed E-state index contributed by atoms with van der Waals surface area (Å²) in [5, 5.41) is 14.1. The van der Waals surface area contributed by atoms with Crippen molar-refractivity contribution in [2.24, 2.45) is 0 Å². The third-order valence-electron chi connectivity index (χ3n) is 6.22. The minimum atomic E-state index is -2.68. The van der Waals surface area contributed by atoms with Crippen LogP contribution < -0.4 is 5.69 Å². The molecule has 2 heterocycles. The molecular formula is C26H30F2N6O. The van der Waals surface area contributed by atoms with Crippen molar-refractivity contribution in [1.29, 1.82) is 0 Å². The molecule has 0 saturated heterocycles. The van der Waals surface area contributed by atoms with E-state index in [2.05, 4.69) is 20.6 Å². The predicted octanol–water partition coefficient (Wildman–Crippen LogP) is 5.63. The maximum Gasteiger partial charge on any atom is 0.329 e. The minimum Gasteiger partial charge on any atom is -0.291 e. The third kappa shape index (κ3) is 5.23. The number of nitrogens with zero attached hydrogens (tertiary/aromatic N) is 5. The number of tetrazole rings is 1. The third-order valence-corrected chi connectivity index (χ3v) is 6.22. The van der Waals surface area contributed by atoms with Gasteiger partial charge in [-0.15, -0.1) is 5.10 Å². The Morgan fingerprint density at radius 2 is 1.66 bits per heavy atom. The van der Waals surface area contributed by atoms with Crippen molar-refractivity contribution in [2.45, 2.75) is 65.5 Å². The first-order valence-electron chi connectivity index (χ1n) is 12.1. The number of aromatic nitrogens is 6. The van der Waals surface area contributed by atoms with Crippen LogP contribution in [-0.4, -0.2) is 29.8 Å². The predicted molar refractivity (Wildman–Crippen MR) is 131 cm³/mol. The maximum atomic E-state index is 14.1. The smallest absolute Gasteiger partial charge is 0.291 e. The molecule has 0 amide bonds. The van der Waals surface area contributed by atoms with E-state index in [4.69, 9.17) is 0 Å². The lowest BCUT2D eigenvalue weighted by molar-refractivity contribution is 0.139. The Balaban J connectivity index is 1.68. The molecule has 7 nitrogen and oxygen atoms in total. The number of unbranched alkanes of at least 4 members (excludes halogenated alkanes) is 2. The van der Waals surface area contributed by atoms with Crippen LogP contribution in [0, 0.1) is 0 Å². The molecule has 0 aliphatic heterocycles. The van der Waals surface area contributed by atoms with Crippen molar-refractivity contribution < 1.29 is 8.78 Å². The van der Waals surface area contributed by atoms with E-state index in [0.29, 0.717) is 30.9 Å². The Labute approximate surface area is 202 Å². The van der Waals surface area contributed by atoms with Crippen LogP contribution in [0.25, 0.3) is 22.5 Å². The monoisotopic (exact) mass is 480 g/mol. The first-order chi connectivity index (χ1) is 17.0. The molecule has 0 aliphatic carbocycles. The molecule has 0 fully saturated rings. The molecule has 0 bridgehead atoms. The van der Waals surface area contributed by atoms with E-state index in [1.165, 1.54) is 9.13 Å². The van der Waals surface area contributed by atoms with Gasteiger partial charge in [0.05, 0.1) is 6.54 Å². The maximum absolute atomic E-state index is 14.1. The van der Waals surface area contributed by atoms with Gasteiger partial charge in [-0.2, -0.15) is 0 Å². The van der Waals surface area contributed by atoms with Crippen LogP contribution in [-0.2, 0) is 19.5 Å². The number of rotatable bonds is 11. The van der Waals surface area contributed by atoms with E-state index in [-0.39, 0.29) is 17.9 Å². The SMILES string of the molecule is CCCCc1c(C(F)F)n(CCCC)c(=O)n1Cc1ccc(-c2ccccc2-c2nnn[nH]2)cc1. The molecule has 2 aromatic carbocycles. The van der Waals surface area contributed by atoms with Crippen molar-refractivity contribution >= 4 is 0 Å². The molecule has 9 heteroatoms. The van der Waals surface area contributed by atoms with Crippen molar-refractivity contribution in [3.8, 4) is 22.5 Å². The topological polar surface area (TPSA) is 81.4 Å². The number of benzene rings is 2. The molecule has 0 aliphatic rings. The summed E-state index contributed by atoms with van der Waals surface area (Å²) in [5.41, 5.74) is 3.65. The first-order valence-corrected chi connectivity index (χ1v) is 12.1. The van der Waals surface area contributed by atoms with E-state index >= 15 is 0 Å². The number of nitrogens with one attached hydrogen (secondary N) is 1. The Hall–Kier alpha value is -3.62. The average molecular weight is 481 g/mol. The van der Waals surface area contributed by atoms with Crippen LogP contribution in [0.4, 0.5) is 8.78 Å². The number of hydrogen-bond acceptors (Lipinski definition) is 4. The summed E-state index contributed by atoms with van der Waals surface area (Å²) in [6.07, 6.45) is 0.914. The summed E-state index contributed by atoms with van der Waals surface area (Å²) in [5.74, 6) is 0.574. The van der Waals surface area contributed by atoms with Crippen LogP contribution in [0.15, 0.2) is 53.3 Å². The van der Waals surface area contributed by atoms with Crippen molar-refractivity contribution in [3.63, 3.8) is 0 Å². The number of aromatic amines is 1. The molecule has 35 heavy (non-hydrogen) atoms. The molecule has 0 atom stereocenters. The highest BCUT2D eigenvalue weighted by Crippen LogP contribution is 2.30. The summed E-state index contributed by atoms with van der Waals surface area (Å²) in [7, 11) is 0. The second-order valence-electron chi connectivity index (χ2n) is 8.60. The molecule has 0 saturated carbocycles. The van der Waals surface area contributed by atoms with Gasteiger partial charge in [-0.3, -0.25) is 9.13 Å². The Bertz CT molecular complexity index is 1290. The van der Waals surface area contributed by atoms with Gasteiger partial charge in [0, 0.05) is 17.8 Å². The molecule has 2 aromatic heterocycles. The number of hydrogen-bond donors (Lipinski definition) is 1. The van der Waals surface area contributed by atoms with Gasteiger partial charge in [0.25, 0.3) is 6.43 Å². The molecule has 0 radical (unpaired) electrons. The highest BCUT2D eigenvalue weighted by atomic mass is 19.3. The molecule has 4 rings (SSSR count). The number of alkyl halides is 2. The highest BCUT2D eigenvalue weighted by Gasteiger charge is 2.25. The van der Waals surface area contributed by atoms with E-state index in [0.717, 1.165) is 41.5 Å². The zero-order valence-electron chi connectivity index (χ0n) is 20.0. The summed E-state index contributed by atoms with van der Waals surface area (Å²) in [4.78, 5) is 13.2. The lowest BCUT2D eigenvalue weighted by atomic mass is 9.98. The molecule has 1 N–H and O–H groups in total. The van der Waals surface area contributed by atoms with Gasteiger partial charge in [-0.05, 0) is 46.4 Å². The molecule has 184 valence electrons. The number of imidazole rings is 1. The Kier molecular flexibility index (Phi) is 7.84. The molecule has 0 spiro atoms. The van der Waals surface area contributed by atoms with Crippen molar-refractivity contribution in [1.82, 2.24) is 29.8 Å². The minimum absolute atomic E-state index is 0.122. The molecule has 0 unspecified atom stereocenters. The van der Waals surface area contributed by atoms with E-state index in [1.54, 1.807) is 0 Å². The Morgan fingerprint density at radius 3 is 2.29 bits per heavy atom. The van der Waals surface area contributed by atoms with Gasteiger partial charge in [-0.25, -0.2) is 18.7 Å². The van der Waals surface area contributed by atoms with Crippen molar-refractivity contribution in [2.75, 3.05) is 0 Å². The fourth-order valence-electron chi connectivity index (χ4n) is 4.39. The lowest BCUT2D eigenvalue weighted by Crippen LogP contribution is -2.26. The normalized spacial score (nSPS) is 11.5.